The molecule has 0 saturated carbocycles. The zero-order valence-electron chi connectivity index (χ0n) is 19.7. The lowest BCUT2D eigenvalue weighted by molar-refractivity contribution is 0.0932. The van der Waals surface area contributed by atoms with Crippen LogP contribution in [0.15, 0.2) is 102 Å². The maximum Gasteiger partial charge on any atom is 0.271 e. The van der Waals surface area contributed by atoms with E-state index in [0.29, 0.717) is 17.9 Å². The van der Waals surface area contributed by atoms with E-state index in [0.717, 1.165) is 27.2 Å². The lowest BCUT2D eigenvalue weighted by Gasteiger charge is -2.19. The van der Waals surface area contributed by atoms with Gasteiger partial charge in [0.1, 0.15) is 16.5 Å². The molecular formula is C28H25N5OS2. The summed E-state index contributed by atoms with van der Waals surface area (Å²) in [7, 11) is 0. The van der Waals surface area contributed by atoms with Crippen molar-refractivity contribution in [1.82, 2.24) is 25.1 Å². The van der Waals surface area contributed by atoms with Gasteiger partial charge in [0, 0.05) is 11.1 Å². The number of thioether (sulfide) groups is 1. The Morgan fingerprint density at radius 2 is 1.61 bits per heavy atom. The van der Waals surface area contributed by atoms with Gasteiger partial charge in [-0.25, -0.2) is 4.98 Å². The second-order valence-electron chi connectivity index (χ2n) is 8.24. The number of benzene rings is 3. The monoisotopic (exact) mass is 511 g/mol. The van der Waals surface area contributed by atoms with Crippen molar-refractivity contribution in [2.45, 2.75) is 30.3 Å². The van der Waals surface area contributed by atoms with Crippen LogP contribution in [0, 0.1) is 6.92 Å². The van der Waals surface area contributed by atoms with Crippen molar-refractivity contribution in [2.75, 3.05) is 0 Å². The number of carbonyl (C=O) groups is 1. The van der Waals surface area contributed by atoms with Gasteiger partial charge < -0.3 is 5.32 Å². The van der Waals surface area contributed by atoms with E-state index in [1.165, 1.54) is 16.9 Å². The molecule has 180 valence electrons. The van der Waals surface area contributed by atoms with Crippen molar-refractivity contribution in [2.24, 2.45) is 0 Å². The highest BCUT2D eigenvalue weighted by atomic mass is 32.2. The molecule has 0 aliphatic heterocycles. The highest BCUT2D eigenvalue weighted by molar-refractivity contribution is 7.98. The molecule has 1 amide bonds. The fourth-order valence-electron chi connectivity index (χ4n) is 3.94. The molecule has 2 heterocycles. The zero-order chi connectivity index (χ0) is 24.7. The third-order valence-corrected chi connectivity index (χ3v) is 7.68. The number of hydrogen-bond acceptors (Lipinski definition) is 6. The molecule has 0 spiro atoms. The molecule has 0 fully saturated rings. The Hall–Kier alpha value is -3.75. The van der Waals surface area contributed by atoms with E-state index in [-0.39, 0.29) is 11.9 Å². The SMILES string of the molecule is Cc1nnc(SCc2nc(C(=O)NC(Cc3ccccc3)c3ccccc3)cs2)n1-c1ccccc1. The van der Waals surface area contributed by atoms with E-state index in [4.69, 9.17) is 0 Å². The van der Waals surface area contributed by atoms with E-state index in [2.05, 4.69) is 32.6 Å². The van der Waals surface area contributed by atoms with Crippen LogP contribution in [0.5, 0.6) is 0 Å². The first-order valence-corrected chi connectivity index (χ1v) is 13.5. The summed E-state index contributed by atoms with van der Waals surface area (Å²) in [5, 5.41) is 15.3. The van der Waals surface area contributed by atoms with Crippen LogP contribution in [-0.2, 0) is 12.2 Å². The molecule has 3 aromatic carbocycles. The highest BCUT2D eigenvalue weighted by Crippen LogP contribution is 2.27. The molecule has 6 nitrogen and oxygen atoms in total. The van der Waals surface area contributed by atoms with Crippen molar-refractivity contribution in [3.8, 4) is 5.69 Å². The number of thiazole rings is 1. The molecule has 1 unspecified atom stereocenters. The van der Waals surface area contributed by atoms with Crippen LogP contribution in [-0.4, -0.2) is 25.7 Å². The van der Waals surface area contributed by atoms with Crippen molar-refractivity contribution in [1.29, 1.82) is 0 Å². The van der Waals surface area contributed by atoms with Crippen LogP contribution >= 0.6 is 23.1 Å². The molecule has 0 radical (unpaired) electrons. The van der Waals surface area contributed by atoms with Crippen molar-refractivity contribution < 1.29 is 4.79 Å². The molecule has 0 saturated heterocycles. The number of para-hydroxylation sites is 1. The summed E-state index contributed by atoms with van der Waals surface area (Å²) in [6.07, 6.45) is 0.706. The third kappa shape index (κ3) is 5.72. The normalized spacial score (nSPS) is 11.8. The summed E-state index contributed by atoms with van der Waals surface area (Å²) in [6.45, 7) is 1.94. The molecule has 0 bridgehead atoms. The predicted octanol–water partition coefficient (Wildman–Crippen LogP) is 6.04. The van der Waals surface area contributed by atoms with Gasteiger partial charge in [-0.3, -0.25) is 9.36 Å². The van der Waals surface area contributed by atoms with Gasteiger partial charge in [-0.1, -0.05) is 90.6 Å². The average molecular weight is 512 g/mol. The summed E-state index contributed by atoms with van der Waals surface area (Å²) in [6, 6.07) is 30.1. The number of nitrogens with one attached hydrogen (secondary N) is 1. The highest BCUT2D eigenvalue weighted by Gasteiger charge is 2.19. The van der Waals surface area contributed by atoms with Crippen molar-refractivity contribution in [3.05, 3.63) is 124 Å². The smallest absolute Gasteiger partial charge is 0.271 e. The van der Waals surface area contributed by atoms with Gasteiger partial charge in [-0.05, 0) is 36.6 Å². The van der Waals surface area contributed by atoms with Crippen molar-refractivity contribution >= 4 is 29.0 Å². The molecule has 36 heavy (non-hydrogen) atoms. The molecule has 5 rings (SSSR count). The van der Waals surface area contributed by atoms with E-state index in [1.54, 1.807) is 11.8 Å². The van der Waals surface area contributed by atoms with Crippen molar-refractivity contribution in [3.63, 3.8) is 0 Å². The van der Waals surface area contributed by atoms with Gasteiger partial charge in [-0.2, -0.15) is 0 Å². The predicted molar refractivity (Wildman–Crippen MR) is 145 cm³/mol. The van der Waals surface area contributed by atoms with Gasteiger partial charge in [-0.15, -0.1) is 21.5 Å². The Morgan fingerprint density at radius 1 is 0.944 bits per heavy atom. The first-order chi connectivity index (χ1) is 17.7. The number of carbonyl (C=O) groups excluding carboxylic acids is 1. The summed E-state index contributed by atoms with van der Waals surface area (Å²) in [5.74, 6) is 1.26. The minimum Gasteiger partial charge on any atom is -0.344 e. The summed E-state index contributed by atoms with van der Waals surface area (Å²) in [5.41, 5.74) is 3.69. The molecule has 5 aromatic rings. The number of hydrogen-bond donors (Lipinski definition) is 1. The molecular weight excluding hydrogens is 486 g/mol. The maximum absolute atomic E-state index is 13.1. The Labute approximate surface area is 218 Å². The number of nitrogens with zero attached hydrogens (tertiary/aromatic N) is 4. The van der Waals surface area contributed by atoms with E-state index in [9.17, 15) is 4.79 Å². The summed E-state index contributed by atoms with van der Waals surface area (Å²) in [4.78, 5) is 17.8. The molecule has 0 aliphatic carbocycles. The lowest BCUT2D eigenvalue weighted by atomic mass is 9.99. The fourth-order valence-corrected chi connectivity index (χ4v) is 5.73. The quantitative estimate of drug-likeness (QED) is 0.244. The number of amides is 1. The van der Waals surface area contributed by atoms with Crippen LogP contribution in [0.25, 0.3) is 5.69 Å². The number of aryl methyl sites for hydroxylation is 1. The van der Waals surface area contributed by atoms with E-state index in [1.807, 2.05) is 95.7 Å². The zero-order valence-corrected chi connectivity index (χ0v) is 21.4. The van der Waals surface area contributed by atoms with Crippen LogP contribution in [0.4, 0.5) is 0 Å². The second kappa shape index (κ2) is 11.3. The topological polar surface area (TPSA) is 72.7 Å². The molecule has 8 heteroatoms. The standard InChI is InChI=1S/C28H25N5OS2/c1-20-31-32-28(33(20)23-15-9-4-10-16-23)36-19-26-29-25(18-35-26)27(34)30-24(22-13-7-3-8-14-22)17-21-11-5-2-6-12-21/h2-16,18,24H,17,19H2,1H3,(H,30,34). The molecule has 0 aliphatic rings. The van der Waals surface area contributed by atoms with Crippen LogP contribution in [0.3, 0.4) is 0 Å². The van der Waals surface area contributed by atoms with E-state index >= 15 is 0 Å². The summed E-state index contributed by atoms with van der Waals surface area (Å²) < 4.78 is 2.03. The minimum atomic E-state index is -0.171. The Bertz CT molecular complexity index is 1420. The Balaban J connectivity index is 1.27. The Kier molecular flexibility index (Phi) is 7.54. The largest absolute Gasteiger partial charge is 0.344 e. The summed E-state index contributed by atoms with van der Waals surface area (Å²) >= 11 is 3.04. The fraction of sp³-hybridized carbons (Fsp3) is 0.143. The molecule has 1 atom stereocenters. The van der Waals surface area contributed by atoms with Crippen LogP contribution in [0.1, 0.15) is 38.5 Å². The minimum absolute atomic E-state index is 0.145. The van der Waals surface area contributed by atoms with Gasteiger partial charge in [0.15, 0.2) is 5.16 Å². The molecule has 1 N–H and O–H groups in total. The third-order valence-electron chi connectivity index (χ3n) is 5.71. The first-order valence-electron chi connectivity index (χ1n) is 11.6. The van der Waals surface area contributed by atoms with Gasteiger partial charge >= 0.3 is 0 Å². The maximum atomic E-state index is 13.1. The van der Waals surface area contributed by atoms with Crippen LogP contribution in [0.2, 0.25) is 0 Å². The second-order valence-corrected chi connectivity index (χ2v) is 10.1. The number of rotatable bonds is 9. The van der Waals surface area contributed by atoms with Gasteiger partial charge in [0.25, 0.3) is 5.91 Å². The van der Waals surface area contributed by atoms with E-state index < -0.39 is 0 Å². The average Bonchev–Trinajstić information content (AvgIpc) is 3.55. The Morgan fingerprint density at radius 3 is 2.33 bits per heavy atom. The lowest BCUT2D eigenvalue weighted by Crippen LogP contribution is -2.30. The van der Waals surface area contributed by atoms with Gasteiger partial charge in [0.2, 0.25) is 0 Å². The first kappa shape index (κ1) is 24.0. The number of aromatic nitrogens is 4. The van der Waals surface area contributed by atoms with Gasteiger partial charge in [0.05, 0.1) is 11.8 Å². The molecule has 2 aromatic heterocycles. The van der Waals surface area contributed by atoms with Crippen LogP contribution < -0.4 is 5.32 Å².